The monoisotopic (exact) mass is 305 g/mol. The van der Waals surface area contributed by atoms with Crippen LogP contribution in [0.2, 0.25) is 0 Å². The second-order valence-electron chi connectivity index (χ2n) is 6.17. The quantitative estimate of drug-likeness (QED) is 0.483. The van der Waals surface area contributed by atoms with Gasteiger partial charge in [-0.25, -0.2) is 4.98 Å². The number of rotatable bonds is 3. The van der Waals surface area contributed by atoms with Crippen molar-refractivity contribution in [1.29, 1.82) is 0 Å². The van der Waals surface area contributed by atoms with Crippen molar-refractivity contribution in [2.45, 2.75) is 26.2 Å². The first-order valence-electron chi connectivity index (χ1n) is 7.43. The van der Waals surface area contributed by atoms with Crippen LogP contribution in [0.4, 0.5) is 11.5 Å². The molecule has 0 N–H and O–H groups in total. The molecular formula is C15H19N3O4. The van der Waals surface area contributed by atoms with Crippen molar-refractivity contribution in [3.8, 4) is 0 Å². The average Bonchev–Trinajstić information content (AvgIpc) is 3.03. The predicted molar refractivity (Wildman–Crippen MR) is 79.6 cm³/mol. The number of ether oxygens (including phenoxy) is 1. The summed E-state index contributed by atoms with van der Waals surface area (Å²) in [5.74, 6) is 0.345. The summed E-state index contributed by atoms with van der Waals surface area (Å²) < 4.78 is 5.00. The fourth-order valence-corrected chi connectivity index (χ4v) is 3.98. The van der Waals surface area contributed by atoms with Gasteiger partial charge in [-0.15, -0.1) is 0 Å². The van der Waals surface area contributed by atoms with Crippen LogP contribution in [0.15, 0.2) is 12.3 Å². The van der Waals surface area contributed by atoms with Crippen LogP contribution in [-0.4, -0.2) is 36.1 Å². The molecule has 0 bridgehead atoms. The number of carbonyl (C=O) groups is 1. The topological polar surface area (TPSA) is 85.6 Å². The highest BCUT2D eigenvalue weighted by molar-refractivity contribution is 5.80. The Labute approximate surface area is 128 Å². The number of aryl methyl sites for hydroxylation is 1. The maximum Gasteiger partial charge on any atom is 0.314 e. The van der Waals surface area contributed by atoms with Crippen molar-refractivity contribution in [3.05, 3.63) is 27.9 Å². The molecule has 1 aliphatic carbocycles. The van der Waals surface area contributed by atoms with Crippen molar-refractivity contribution in [2.24, 2.45) is 11.3 Å². The molecule has 2 atom stereocenters. The summed E-state index contributed by atoms with van der Waals surface area (Å²) in [4.78, 5) is 29.3. The molecule has 1 saturated carbocycles. The molecule has 2 fully saturated rings. The van der Waals surface area contributed by atoms with Gasteiger partial charge in [-0.2, -0.15) is 0 Å². The van der Waals surface area contributed by atoms with Crippen molar-refractivity contribution in [2.75, 3.05) is 25.1 Å². The molecule has 0 amide bonds. The van der Waals surface area contributed by atoms with E-state index in [9.17, 15) is 14.9 Å². The van der Waals surface area contributed by atoms with E-state index in [1.165, 1.54) is 7.11 Å². The highest BCUT2D eigenvalue weighted by Gasteiger charge is 2.56. The molecule has 0 spiro atoms. The Hall–Kier alpha value is -2.18. The summed E-state index contributed by atoms with van der Waals surface area (Å²) in [6, 6.07) is 1.63. The van der Waals surface area contributed by atoms with E-state index in [0.717, 1.165) is 19.3 Å². The smallest absolute Gasteiger partial charge is 0.314 e. The van der Waals surface area contributed by atoms with Crippen LogP contribution in [-0.2, 0) is 9.53 Å². The standard InChI is InChI=1S/C15H19N3O4/c1-10-5-7-16-13(12(10)18(20)21)17-8-11-4-3-6-15(11,9-17)14(19)22-2/h5,7,11H,3-4,6,8-9H2,1-2H3. The summed E-state index contributed by atoms with van der Waals surface area (Å²) in [5.41, 5.74) is 0.0790. The molecule has 2 heterocycles. The third kappa shape index (κ3) is 2.03. The molecular weight excluding hydrogens is 286 g/mol. The Morgan fingerprint density at radius 3 is 3.05 bits per heavy atom. The van der Waals surface area contributed by atoms with Gasteiger partial charge in [0.05, 0.1) is 17.4 Å². The molecule has 7 heteroatoms. The van der Waals surface area contributed by atoms with Gasteiger partial charge in [-0.1, -0.05) is 6.42 Å². The lowest BCUT2D eigenvalue weighted by Gasteiger charge is -2.25. The number of aromatic nitrogens is 1. The average molecular weight is 305 g/mol. The molecule has 22 heavy (non-hydrogen) atoms. The maximum atomic E-state index is 12.3. The number of methoxy groups -OCH3 is 1. The van der Waals surface area contributed by atoms with Crippen molar-refractivity contribution >= 4 is 17.5 Å². The second kappa shape index (κ2) is 5.23. The van der Waals surface area contributed by atoms with Crippen LogP contribution >= 0.6 is 0 Å². The first kappa shape index (κ1) is 14.7. The summed E-state index contributed by atoms with van der Waals surface area (Å²) in [5, 5.41) is 11.4. The second-order valence-corrected chi connectivity index (χ2v) is 6.17. The summed E-state index contributed by atoms with van der Waals surface area (Å²) in [6.45, 7) is 2.77. The van der Waals surface area contributed by atoms with Crippen LogP contribution < -0.4 is 4.90 Å². The molecule has 0 aromatic carbocycles. The van der Waals surface area contributed by atoms with Gasteiger partial charge < -0.3 is 9.64 Å². The number of hydrogen-bond donors (Lipinski definition) is 0. The SMILES string of the molecule is COC(=O)C12CCCC1CN(c1nccc(C)c1[N+](=O)[O-])C2. The predicted octanol–water partition coefficient (Wildman–Crippen LogP) is 2.08. The minimum absolute atomic E-state index is 0.0301. The van der Waals surface area contributed by atoms with Gasteiger partial charge in [-0.05, 0) is 31.7 Å². The van der Waals surface area contributed by atoms with Crippen LogP contribution in [0.3, 0.4) is 0 Å². The van der Waals surface area contributed by atoms with Gasteiger partial charge in [0.1, 0.15) is 0 Å². The number of hydrogen-bond acceptors (Lipinski definition) is 6. The maximum absolute atomic E-state index is 12.3. The van der Waals surface area contributed by atoms with Crippen LogP contribution in [0, 0.1) is 28.4 Å². The number of fused-ring (bicyclic) bond motifs is 1. The fraction of sp³-hybridized carbons (Fsp3) is 0.600. The Morgan fingerprint density at radius 1 is 1.59 bits per heavy atom. The van der Waals surface area contributed by atoms with E-state index in [-0.39, 0.29) is 17.6 Å². The zero-order valence-corrected chi connectivity index (χ0v) is 12.7. The van der Waals surface area contributed by atoms with Gasteiger partial charge in [0.25, 0.3) is 0 Å². The minimum Gasteiger partial charge on any atom is -0.469 e. The number of anilines is 1. The van der Waals surface area contributed by atoms with Crippen LogP contribution in [0.5, 0.6) is 0 Å². The third-order valence-corrected chi connectivity index (χ3v) is 5.05. The van der Waals surface area contributed by atoms with E-state index in [1.807, 2.05) is 4.90 Å². The van der Waals surface area contributed by atoms with Gasteiger partial charge >= 0.3 is 11.7 Å². The molecule has 0 radical (unpaired) electrons. The molecule has 3 rings (SSSR count). The zero-order chi connectivity index (χ0) is 15.9. The number of nitrogens with zero attached hydrogens (tertiary/aromatic N) is 3. The zero-order valence-electron chi connectivity index (χ0n) is 12.7. The first-order valence-corrected chi connectivity index (χ1v) is 7.43. The van der Waals surface area contributed by atoms with E-state index in [2.05, 4.69) is 4.98 Å². The lowest BCUT2D eigenvalue weighted by atomic mass is 9.81. The highest BCUT2D eigenvalue weighted by atomic mass is 16.6. The number of pyridine rings is 1. The molecule has 1 aliphatic heterocycles. The van der Waals surface area contributed by atoms with E-state index in [0.29, 0.717) is 24.5 Å². The van der Waals surface area contributed by atoms with Crippen molar-refractivity contribution in [1.82, 2.24) is 4.98 Å². The van der Waals surface area contributed by atoms with Crippen LogP contribution in [0.1, 0.15) is 24.8 Å². The van der Waals surface area contributed by atoms with Crippen molar-refractivity contribution in [3.63, 3.8) is 0 Å². The summed E-state index contributed by atoms with van der Waals surface area (Å²) >= 11 is 0. The van der Waals surface area contributed by atoms with E-state index in [1.54, 1.807) is 19.2 Å². The third-order valence-electron chi connectivity index (χ3n) is 5.05. The lowest BCUT2D eigenvalue weighted by Crippen LogP contribution is -2.37. The highest BCUT2D eigenvalue weighted by Crippen LogP contribution is 2.51. The summed E-state index contributed by atoms with van der Waals surface area (Å²) in [7, 11) is 1.41. The fourth-order valence-electron chi connectivity index (χ4n) is 3.98. The Bertz CT molecular complexity index is 633. The van der Waals surface area contributed by atoms with Gasteiger partial charge in [0.2, 0.25) is 5.82 Å². The first-order chi connectivity index (χ1) is 10.5. The van der Waals surface area contributed by atoms with Gasteiger partial charge in [0.15, 0.2) is 0 Å². The normalized spacial score (nSPS) is 26.8. The van der Waals surface area contributed by atoms with E-state index < -0.39 is 10.3 Å². The minimum atomic E-state index is -0.534. The van der Waals surface area contributed by atoms with Crippen LogP contribution in [0.25, 0.3) is 0 Å². The Balaban J connectivity index is 1.98. The van der Waals surface area contributed by atoms with Gasteiger partial charge in [0, 0.05) is 24.8 Å². The molecule has 7 nitrogen and oxygen atoms in total. The number of nitro groups is 1. The largest absolute Gasteiger partial charge is 0.469 e. The van der Waals surface area contributed by atoms with E-state index >= 15 is 0 Å². The molecule has 2 unspecified atom stereocenters. The van der Waals surface area contributed by atoms with E-state index in [4.69, 9.17) is 4.74 Å². The summed E-state index contributed by atoms with van der Waals surface area (Å²) in [6.07, 6.45) is 4.30. The molecule has 1 aromatic rings. The van der Waals surface area contributed by atoms with Crippen molar-refractivity contribution < 1.29 is 14.5 Å². The molecule has 2 aliphatic rings. The molecule has 118 valence electrons. The Kier molecular flexibility index (Phi) is 3.50. The number of esters is 1. The number of carbonyl (C=O) groups excluding carboxylic acids is 1. The lowest BCUT2D eigenvalue weighted by molar-refractivity contribution is -0.384. The Morgan fingerprint density at radius 2 is 2.36 bits per heavy atom. The van der Waals surface area contributed by atoms with Gasteiger partial charge in [-0.3, -0.25) is 14.9 Å². The molecule has 1 saturated heterocycles. The molecule has 1 aromatic heterocycles.